The number of alkyl halides is 1. The van der Waals surface area contributed by atoms with Crippen molar-refractivity contribution in [2.24, 2.45) is 0 Å². The van der Waals surface area contributed by atoms with E-state index < -0.39 is 11.6 Å². The van der Waals surface area contributed by atoms with E-state index in [-0.39, 0.29) is 16.9 Å². The van der Waals surface area contributed by atoms with E-state index in [1.54, 1.807) is 0 Å². The van der Waals surface area contributed by atoms with Gasteiger partial charge in [-0.05, 0) is 25.8 Å². The Morgan fingerprint density at radius 2 is 2.00 bits per heavy atom. The largest absolute Gasteiger partial charge is 0.321 e. The minimum absolute atomic E-state index is 0.140. The molecule has 0 spiro atoms. The Hall–Kier alpha value is -1.16. The summed E-state index contributed by atoms with van der Waals surface area (Å²) in [6, 6.07) is 2.22. The molecule has 0 radical (unpaired) electrons. The van der Waals surface area contributed by atoms with Crippen LogP contribution in [0.3, 0.4) is 0 Å². The first-order valence-corrected chi connectivity index (χ1v) is 7.01. The maximum Gasteiger partial charge on any atom is 0.153 e. The molecule has 0 bridgehead atoms. The summed E-state index contributed by atoms with van der Waals surface area (Å²) in [7, 11) is 0. The van der Waals surface area contributed by atoms with Crippen LogP contribution in [0.4, 0.5) is 8.78 Å². The molecular weight excluding hydrogens is 270 g/mol. The smallest absolute Gasteiger partial charge is 0.153 e. The first-order valence-electron chi connectivity index (χ1n) is 6.48. The summed E-state index contributed by atoms with van der Waals surface area (Å²) in [5.41, 5.74) is 0.585. The monoisotopic (exact) mass is 284 g/mol. The second kappa shape index (κ2) is 4.44. The predicted molar refractivity (Wildman–Crippen MR) is 71.3 cm³/mol. The molecule has 0 amide bonds. The Morgan fingerprint density at radius 3 is 2.63 bits per heavy atom. The number of benzene rings is 1. The Labute approximate surface area is 115 Å². The van der Waals surface area contributed by atoms with Crippen LogP contribution in [0.1, 0.15) is 38.4 Å². The number of halogens is 3. The fourth-order valence-electron chi connectivity index (χ4n) is 3.20. The number of aromatic nitrogens is 2. The van der Waals surface area contributed by atoms with Crippen LogP contribution < -0.4 is 0 Å². The van der Waals surface area contributed by atoms with Crippen LogP contribution in [0.25, 0.3) is 11.0 Å². The summed E-state index contributed by atoms with van der Waals surface area (Å²) < 4.78 is 29.3. The summed E-state index contributed by atoms with van der Waals surface area (Å²) in [4.78, 5) is 4.25. The number of rotatable bonds is 2. The van der Waals surface area contributed by atoms with Gasteiger partial charge in [-0.2, -0.15) is 0 Å². The van der Waals surface area contributed by atoms with Crippen LogP contribution in [-0.2, 0) is 11.4 Å². The molecule has 1 heterocycles. The zero-order valence-corrected chi connectivity index (χ0v) is 11.5. The van der Waals surface area contributed by atoms with E-state index in [2.05, 4.69) is 11.9 Å². The van der Waals surface area contributed by atoms with Gasteiger partial charge in [-0.3, -0.25) is 0 Å². The Bertz CT molecular complexity index is 630. The second-order valence-corrected chi connectivity index (χ2v) is 5.72. The van der Waals surface area contributed by atoms with Gasteiger partial charge in [-0.1, -0.05) is 12.8 Å². The summed E-state index contributed by atoms with van der Waals surface area (Å²) >= 11 is 5.94. The number of hydrogen-bond acceptors (Lipinski definition) is 1. The van der Waals surface area contributed by atoms with Crippen molar-refractivity contribution in [2.75, 3.05) is 0 Å². The maximum absolute atomic E-state index is 13.8. The van der Waals surface area contributed by atoms with Crippen LogP contribution in [0.2, 0.25) is 0 Å². The Kier molecular flexibility index (Phi) is 3.01. The highest BCUT2D eigenvalue weighted by molar-refractivity contribution is 6.16. The van der Waals surface area contributed by atoms with Gasteiger partial charge < -0.3 is 4.57 Å². The molecule has 1 aromatic carbocycles. The van der Waals surface area contributed by atoms with Crippen LogP contribution in [0.15, 0.2) is 12.1 Å². The molecule has 2 aromatic rings. The molecule has 3 rings (SSSR count). The Balaban J connectivity index is 2.32. The molecular formula is C14H15ClF2N2. The van der Waals surface area contributed by atoms with Crippen molar-refractivity contribution in [3.63, 3.8) is 0 Å². The summed E-state index contributed by atoms with van der Waals surface area (Å²) in [5.74, 6) is -0.383. The third-order valence-electron chi connectivity index (χ3n) is 4.09. The molecule has 1 saturated carbocycles. The highest BCUT2D eigenvalue weighted by Gasteiger charge is 2.34. The normalized spacial score (nSPS) is 18.3. The lowest BCUT2D eigenvalue weighted by Gasteiger charge is -2.28. The standard InChI is InChI=1S/C14H15ClF2N2/c1-14(4-2-3-5-14)19-11-7-9(16)6-10(17)13(11)18-12(19)8-15/h6-7H,2-5,8H2,1H3. The quantitative estimate of drug-likeness (QED) is 0.750. The maximum atomic E-state index is 13.8. The fraction of sp³-hybridized carbons (Fsp3) is 0.500. The number of fused-ring (bicyclic) bond motifs is 1. The zero-order chi connectivity index (χ0) is 13.6. The van der Waals surface area contributed by atoms with E-state index in [0.717, 1.165) is 31.7 Å². The van der Waals surface area contributed by atoms with Gasteiger partial charge >= 0.3 is 0 Å². The molecule has 0 atom stereocenters. The molecule has 0 saturated heterocycles. The molecule has 2 nitrogen and oxygen atoms in total. The summed E-state index contributed by atoms with van der Waals surface area (Å²) in [5, 5.41) is 0. The van der Waals surface area contributed by atoms with Crippen molar-refractivity contribution in [1.29, 1.82) is 0 Å². The lowest BCUT2D eigenvalue weighted by atomic mass is 9.99. The van der Waals surface area contributed by atoms with Gasteiger partial charge in [0.1, 0.15) is 17.2 Å². The topological polar surface area (TPSA) is 17.8 Å². The van der Waals surface area contributed by atoms with E-state index >= 15 is 0 Å². The minimum atomic E-state index is -0.623. The van der Waals surface area contributed by atoms with Gasteiger partial charge in [-0.15, -0.1) is 11.6 Å². The first-order chi connectivity index (χ1) is 9.05. The molecule has 0 unspecified atom stereocenters. The van der Waals surface area contributed by atoms with Crippen LogP contribution in [0.5, 0.6) is 0 Å². The summed E-state index contributed by atoms with van der Waals surface area (Å²) in [6.07, 6.45) is 4.21. The first kappa shape index (κ1) is 12.9. The molecule has 0 N–H and O–H groups in total. The molecule has 0 aliphatic heterocycles. The van der Waals surface area contributed by atoms with E-state index in [0.29, 0.717) is 11.3 Å². The second-order valence-electron chi connectivity index (χ2n) is 5.46. The molecule has 1 aliphatic rings. The molecule has 5 heteroatoms. The van der Waals surface area contributed by atoms with Gasteiger partial charge in [0.15, 0.2) is 5.82 Å². The van der Waals surface area contributed by atoms with Crippen molar-refractivity contribution in [3.8, 4) is 0 Å². The van der Waals surface area contributed by atoms with Crippen LogP contribution in [0, 0.1) is 11.6 Å². The minimum Gasteiger partial charge on any atom is -0.321 e. The van der Waals surface area contributed by atoms with Crippen LogP contribution in [-0.4, -0.2) is 9.55 Å². The predicted octanol–water partition coefficient (Wildman–Crippen LogP) is 4.34. The highest BCUT2D eigenvalue weighted by Crippen LogP contribution is 2.40. The molecule has 19 heavy (non-hydrogen) atoms. The molecule has 1 aromatic heterocycles. The lowest BCUT2D eigenvalue weighted by molar-refractivity contribution is 0.331. The third-order valence-corrected chi connectivity index (χ3v) is 4.33. The highest BCUT2D eigenvalue weighted by atomic mass is 35.5. The van der Waals surface area contributed by atoms with Crippen molar-refractivity contribution < 1.29 is 8.78 Å². The van der Waals surface area contributed by atoms with Crippen LogP contribution >= 0.6 is 11.6 Å². The zero-order valence-electron chi connectivity index (χ0n) is 10.7. The van der Waals surface area contributed by atoms with E-state index in [1.165, 1.54) is 6.07 Å². The van der Waals surface area contributed by atoms with E-state index in [4.69, 9.17) is 11.6 Å². The lowest BCUT2D eigenvalue weighted by Crippen LogP contribution is -2.27. The van der Waals surface area contributed by atoms with E-state index in [1.807, 2.05) is 4.57 Å². The average Bonchev–Trinajstić information content (AvgIpc) is 2.93. The number of hydrogen-bond donors (Lipinski definition) is 0. The molecule has 102 valence electrons. The van der Waals surface area contributed by atoms with Crippen molar-refractivity contribution in [1.82, 2.24) is 9.55 Å². The van der Waals surface area contributed by atoms with Gasteiger partial charge in [0.05, 0.1) is 11.4 Å². The third kappa shape index (κ3) is 1.93. The van der Waals surface area contributed by atoms with E-state index in [9.17, 15) is 8.78 Å². The molecule has 1 aliphatic carbocycles. The van der Waals surface area contributed by atoms with Gasteiger partial charge in [-0.25, -0.2) is 13.8 Å². The Morgan fingerprint density at radius 1 is 1.32 bits per heavy atom. The molecule has 1 fully saturated rings. The van der Waals surface area contributed by atoms with Crippen molar-refractivity contribution in [2.45, 2.75) is 44.0 Å². The van der Waals surface area contributed by atoms with Crippen molar-refractivity contribution >= 4 is 22.6 Å². The van der Waals surface area contributed by atoms with Gasteiger partial charge in [0.25, 0.3) is 0 Å². The fourth-order valence-corrected chi connectivity index (χ4v) is 3.38. The van der Waals surface area contributed by atoms with Gasteiger partial charge in [0, 0.05) is 11.6 Å². The van der Waals surface area contributed by atoms with Crippen molar-refractivity contribution in [3.05, 3.63) is 29.6 Å². The SMILES string of the molecule is CC1(n2c(CCl)nc3c(F)cc(F)cc32)CCCC1. The number of nitrogens with zero attached hydrogens (tertiary/aromatic N) is 2. The van der Waals surface area contributed by atoms with Gasteiger partial charge in [0.2, 0.25) is 0 Å². The number of imidazole rings is 1. The average molecular weight is 285 g/mol. The summed E-state index contributed by atoms with van der Waals surface area (Å²) in [6.45, 7) is 2.11.